The summed E-state index contributed by atoms with van der Waals surface area (Å²) in [5, 5.41) is 9.26. The van der Waals surface area contributed by atoms with Gasteiger partial charge in [0.15, 0.2) is 0 Å². The second-order valence-corrected chi connectivity index (χ2v) is 18.3. The summed E-state index contributed by atoms with van der Waals surface area (Å²) >= 11 is 5.30. The van der Waals surface area contributed by atoms with Crippen LogP contribution in [0.15, 0.2) is 18.2 Å². The molecule has 1 aliphatic heterocycles. The minimum absolute atomic E-state index is 0.0366. The number of piperidine rings is 1. The second kappa shape index (κ2) is 10.1. The van der Waals surface area contributed by atoms with Gasteiger partial charge >= 0.3 is 16.0 Å². The van der Waals surface area contributed by atoms with Gasteiger partial charge in [-0.05, 0) is 76.4 Å². The summed E-state index contributed by atoms with van der Waals surface area (Å²) in [4.78, 5) is 2.12. The van der Waals surface area contributed by atoms with Gasteiger partial charge in [0.25, 0.3) is 0 Å². The Labute approximate surface area is 188 Å². The van der Waals surface area contributed by atoms with Gasteiger partial charge in [-0.25, -0.2) is 0 Å². The third-order valence-corrected chi connectivity index (χ3v) is 6.94. The van der Waals surface area contributed by atoms with E-state index < -0.39 is 11.4 Å². The molecular weight excluding hydrogens is 502 g/mol. The summed E-state index contributed by atoms with van der Waals surface area (Å²) in [6.07, 6.45) is 3.05. The fraction of sp³-hybridized carbons (Fsp3) is 0.579. The summed E-state index contributed by atoms with van der Waals surface area (Å²) in [5.41, 5.74) is 3.19. The Hall–Kier alpha value is 0.666. The molecule has 1 saturated heterocycles. The Kier molecular flexibility index (Phi) is 8.97. The van der Waals surface area contributed by atoms with Gasteiger partial charge in [-0.1, -0.05) is 6.07 Å². The highest BCUT2D eigenvalue weighted by atomic mass is 79.9. The van der Waals surface area contributed by atoms with Gasteiger partial charge in [0.2, 0.25) is 0 Å². The maximum Gasteiger partial charge on any atom is 0.560 e. The molecule has 4 nitrogen and oxygen atoms in total. The first-order chi connectivity index (χ1) is 12.7. The highest BCUT2D eigenvalue weighted by molar-refractivity contribution is 9.47. The van der Waals surface area contributed by atoms with Crippen molar-refractivity contribution in [1.82, 2.24) is 9.62 Å². The predicted octanol–water partition coefficient (Wildman–Crippen LogP) is 4.39. The Bertz CT molecular complexity index is 685. The molecule has 1 aromatic carbocycles. The molecule has 1 aromatic rings. The minimum atomic E-state index is -1.14. The zero-order valence-corrected chi connectivity index (χ0v) is 21.6. The van der Waals surface area contributed by atoms with E-state index in [1.165, 1.54) is 5.56 Å². The molecule has 1 N–H and O–H groups in total. The zero-order chi connectivity index (χ0) is 20.2. The van der Waals surface area contributed by atoms with Crippen LogP contribution in [0.3, 0.4) is 0 Å². The summed E-state index contributed by atoms with van der Waals surface area (Å²) in [6, 6.07) is 8.23. The van der Waals surface area contributed by atoms with Gasteiger partial charge in [0.05, 0.1) is 17.7 Å². The Balaban J connectivity index is 0.000000817. The molecule has 1 radical (unpaired) electrons. The molecule has 27 heavy (non-hydrogen) atoms. The summed E-state index contributed by atoms with van der Waals surface area (Å²) in [6.45, 7) is 7.88. The molecule has 145 valence electrons. The summed E-state index contributed by atoms with van der Waals surface area (Å²) in [7, 11) is 4.06. The molecule has 1 aliphatic carbocycles. The van der Waals surface area contributed by atoms with E-state index in [2.05, 4.69) is 54.6 Å². The van der Waals surface area contributed by atoms with E-state index in [9.17, 15) is 9.81 Å². The molecule has 1 fully saturated rings. The van der Waals surface area contributed by atoms with E-state index in [0.29, 0.717) is 5.56 Å². The number of nitrogens with zero attached hydrogens (tertiary/aromatic N) is 2. The van der Waals surface area contributed by atoms with Crippen molar-refractivity contribution in [3.8, 4) is 6.07 Å². The van der Waals surface area contributed by atoms with Crippen LogP contribution in [0.25, 0.3) is 0 Å². The van der Waals surface area contributed by atoms with E-state index in [1.807, 2.05) is 32.9 Å². The van der Waals surface area contributed by atoms with Gasteiger partial charge in [0.1, 0.15) is 4.75 Å². The van der Waals surface area contributed by atoms with Crippen LogP contribution in [0.2, 0.25) is 0 Å². The van der Waals surface area contributed by atoms with Crippen molar-refractivity contribution in [3.63, 3.8) is 0 Å². The Morgan fingerprint density at radius 2 is 1.96 bits per heavy atom. The second-order valence-electron chi connectivity index (χ2n) is 8.22. The van der Waals surface area contributed by atoms with Crippen LogP contribution < -0.4 is 4.72 Å². The normalized spacial score (nSPS) is 22.2. The summed E-state index contributed by atoms with van der Waals surface area (Å²) < 4.78 is 15.9. The summed E-state index contributed by atoms with van der Waals surface area (Å²) in [5.74, 6) is 0. The van der Waals surface area contributed by atoms with E-state index in [-0.39, 0.29) is 32.2 Å². The quantitative estimate of drug-likeness (QED) is 0.457. The van der Waals surface area contributed by atoms with E-state index in [0.717, 1.165) is 37.9 Å². The van der Waals surface area contributed by atoms with E-state index in [1.54, 1.807) is 0 Å². The maximum atomic E-state index is 12.8. The smallest absolute Gasteiger partial charge is 0.560 e. The first-order valence-electron chi connectivity index (χ1n) is 9.05. The molecule has 1 heterocycles. The fourth-order valence-corrected chi connectivity index (χ4v) is 4.79. The minimum Gasteiger partial charge on any atom is -0.598 e. The Morgan fingerprint density at radius 1 is 1.37 bits per heavy atom. The average Bonchev–Trinajstić information content (AvgIpc) is 2.90. The number of hydrogen-bond acceptors (Lipinski definition) is 4. The largest absolute Gasteiger partial charge is 0.598 e. The van der Waals surface area contributed by atoms with Crippen molar-refractivity contribution in [1.29, 1.82) is 5.26 Å². The number of rotatable bonds is 2. The average molecular weight is 529 g/mol. The van der Waals surface area contributed by atoms with Crippen molar-refractivity contribution in [2.45, 2.75) is 50.8 Å². The van der Waals surface area contributed by atoms with Gasteiger partial charge in [-0.2, -0.15) is 5.26 Å². The number of nitriles is 1. The van der Waals surface area contributed by atoms with E-state index in [4.69, 9.17) is 0 Å². The van der Waals surface area contributed by atoms with Crippen LogP contribution in [0.4, 0.5) is 0 Å². The molecule has 0 saturated carbocycles. The van der Waals surface area contributed by atoms with Crippen molar-refractivity contribution in [2.75, 3.05) is 13.1 Å². The van der Waals surface area contributed by atoms with Crippen molar-refractivity contribution in [3.05, 3.63) is 41.9 Å². The third-order valence-electron chi connectivity index (χ3n) is 5.37. The van der Waals surface area contributed by atoms with Crippen molar-refractivity contribution in [2.24, 2.45) is 5.41 Å². The van der Waals surface area contributed by atoms with Gasteiger partial charge < -0.3 is 9.45 Å². The molecule has 0 amide bonds. The molecule has 3 rings (SSSR count). The lowest BCUT2D eigenvalue weighted by Crippen LogP contribution is -2.48. The molecule has 0 aromatic heterocycles. The zero-order valence-electron chi connectivity index (χ0n) is 16.2. The first-order valence-corrected chi connectivity index (χ1v) is 18.0. The lowest BCUT2D eigenvalue weighted by Gasteiger charge is -2.43. The predicted molar refractivity (Wildman–Crippen MR) is 121 cm³/mol. The molecule has 8 heteroatoms. The number of likely N-dealkylation sites (tertiary alicyclic amines) is 1. The number of halogens is 2. The third kappa shape index (κ3) is 5.85. The molecule has 2 atom stereocenters. The standard InChI is InChI=1S/C19H26N3OS.2BrH.Mg/c1-18(2,3)24(23)21-17-16-11-14(13-20)5-6-15(16)12-19(17)7-9-22(4)10-8-19;;;/h5-6,11,17,21H,4,7-10,12H2,1-3H3;2*1H;/q;;;+2/p-2/t17-,24+;;;/m1.../s1. The van der Waals surface area contributed by atoms with Gasteiger partial charge in [-0.15, -0.1) is 4.72 Å². The van der Waals surface area contributed by atoms with Crippen molar-refractivity contribution < 1.29 is 4.55 Å². The van der Waals surface area contributed by atoms with E-state index >= 15 is 0 Å². The van der Waals surface area contributed by atoms with Crippen LogP contribution in [0.1, 0.15) is 56.3 Å². The highest BCUT2D eigenvalue weighted by Gasteiger charge is 2.50. The van der Waals surface area contributed by atoms with Crippen LogP contribution in [0, 0.1) is 23.8 Å². The number of benzene rings is 1. The van der Waals surface area contributed by atoms with Crippen LogP contribution in [0.5, 0.6) is 0 Å². The molecule has 2 aliphatic rings. The number of hydrogen-bond donors (Lipinski definition) is 1. The number of fused-ring (bicyclic) bond motifs is 1. The van der Waals surface area contributed by atoms with Crippen LogP contribution >= 0.6 is 25.8 Å². The van der Waals surface area contributed by atoms with Crippen molar-refractivity contribution >= 4 is 53.2 Å². The van der Waals surface area contributed by atoms with Crippen LogP contribution in [-0.2, 0) is 17.8 Å². The molecule has 1 spiro atoms. The van der Waals surface area contributed by atoms with Crippen LogP contribution in [-0.4, -0.2) is 43.3 Å². The molecule has 0 unspecified atom stereocenters. The molecular formula is C19H26Br2MgN3OS. The monoisotopic (exact) mass is 526 g/mol. The highest BCUT2D eigenvalue weighted by Crippen LogP contribution is 2.52. The number of nitrogens with one attached hydrogen (secondary N) is 1. The lowest BCUT2D eigenvalue weighted by molar-refractivity contribution is 0.108. The molecule has 0 bridgehead atoms. The Morgan fingerprint density at radius 3 is 2.48 bits per heavy atom. The van der Waals surface area contributed by atoms with Gasteiger partial charge in [-0.3, -0.25) is 25.8 Å². The first kappa shape index (κ1) is 23.9. The topological polar surface area (TPSA) is 62.1 Å². The lowest BCUT2D eigenvalue weighted by atomic mass is 9.73. The fourth-order valence-electron chi connectivity index (χ4n) is 3.84. The maximum absolute atomic E-state index is 12.8. The van der Waals surface area contributed by atoms with Gasteiger partial charge in [0, 0.05) is 23.8 Å². The SMILES string of the molecule is [Br][Mg][Br].[CH2]N1CCC2(CC1)Cc1ccc(C#N)cc1[C@H]2N[S@@+]([O-])C(C)(C)C.